The van der Waals surface area contributed by atoms with E-state index in [-0.39, 0.29) is 6.61 Å². The highest BCUT2D eigenvalue weighted by molar-refractivity contribution is 7.85. The summed E-state index contributed by atoms with van der Waals surface area (Å²) in [4.78, 5) is 0. The average molecular weight is 465 g/mol. The molecule has 0 atom stereocenters. The van der Waals surface area contributed by atoms with Gasteiger partial charge in [-0.15, -0.1) is 0 Å². The summed E-state index contributed by atoms with van der Waals surface area (Å²) in [5.41, 5.74) is 7.13. The van der Waals surface area contributed by atoms with Crippen LogP contribution in [0.1, 0.15) is 106 Å². The van der Waals surface area contributed by atoms with E-state index in [4.69, 9.17) is 4.18 Å². The molecule has 0 bridgehead atoms. The Balaban J connectivity index is 4.04. The number of hydrogen-bond donors (Lipinski definition) is 0. The number of unbranched alkanes of at least 4 members (excludes halogenated alkanes) is 1. The fraction of sp³-hybridized carbons (Fsp3) is 0.643. The van der Waals surface area contributed by atoms with Crippen molar-refractivity contribution in [1.82, 2.24) is 0 Å². The van der Waals surface area contributed by atoms with Crippen LogP contribution in [0.25, 0.3) is 0 Å². The Morgan fingerprint density at radius 2 is 0.969 bits per heavy atom. The lowest BCUT2D eigenvalue weighted by atomic mass is 10.0. The van der Waals surface area contributed by atoms with Crippen LogP contribution in [0.2, 0.25) is 0 Å². The molecule has 0 heterocycles. The lowest BCUT2D eigenvalue weighted by Crippen LogP contribution is -2.04. The Morgan fingerprint density at radius 1 is 0.594 bits per heavy atom. The van der Waals surface area contributed by atoms with Gasteiger partial charge in [-0.25, -0.2) is 0 Å². The first-order chi connectivity index (χ1) is 15.0. The van der Waals surface area contributed by atoms with E-state index in [0.29, 0.717) is 0 Å². The van der Waals surface area contributed by atoms with Crippen LogP contribution in [0, 0.1) is 0 Å². The van der Waals surface area contributed by atoms with Crippen molar-refractivity contribution in [1.29, 1.82) is 0 Å². The normalized spacial score (nSPS) is 14.1. The Morgan fingerprint density at radius 3 is 1.38 bits per heavy atom. The fourth-order valence-electron chi connectivity index (χ4n) is 3.31. The van der Waals surface area contributed by atoms with Crippen molar-refractivity contribution in [2.75, 3.05) is 12.9 Å². The van der Waals surface area contributed by atoms with Crippen molar-refractivity contribution in [2.24, 2.45) is 0 Å². The van der Waals surface area contributed by atoms with Gasteiger partial charge in [0.05, 0.1) is 12.9 Å². The standard InChI is InChI=1S/C28H48O3S/c1-24(2)14-10-17-27(5)20-11-18-25(3)15-8-9-16-26(4)19-12-21-28(6)22-13-23-31-32(7,29)30/h14-16,20-21H,8-13,17-19,22-23H2,1-7H3. The maximum atomic E-state index is 10.9. The number of hydrogen-bond acceptors (Lipinski definition) is 3. The number of rotatable bonds is 17. The molecule has 0 fully saturated rings. The van der Waals surface area contributed by atoms with E-state index < -0.39 is 10.1 Å². The molecule has 0 N–H and O–H groups in total. The lowest BCUT2D eigenvalue weighted by Gasteiger charge is -2.03. The first-order valence-electron chi connectivity index (χ1n) is 12.1. The van der Waals surface area contributed by atoms with E-state index in [2.05, 4.69) is 71.9 Å². The van der Waals surface area contributed by atoms with Gasteiger partial charge in [0.15, 0.2) is 0 Å². The molecule has 0 aliphatic heterocycles. The Hall–Kier alpha value is -1.39. The van der Waals surface area contributed by atoms with Gasteiger partial charge in [0.25, 0.3) is 10.1 Å². The molecule has 0 saturated heterocycles. The highest BCUT2D eigenvalue weighted by Crippen LogP contribution is 2.14. The molecule has 184 valence electrons. The quantitative estimate of drug-likeness (QED) is 0.123. The minimum atomic E-state index is -3.32. The van der Waals surface area contributed by atoms with Gasteiger partial charge in [-0.05, 0) is 106 Å². The largest absolute Gasteiger partial charge is 0.270 e. The predicted octanol–water partition coefficient (Wildman–Crippen LogP) is 8.62. The van der Waals surface area contributed by atoms with Crippen molar-refractivity contribution < 1.29 is 12.6 Å². The van der Waals surface area contributed by atoms with Gasteiger partial charge >= 0.3 is 0 Å². The molecular weight excluding hydrogens is 416 g/mol. The van der Waals surface area contributed by atoms with Crippen LogP contribution >= 0.6 is 0 Å². The summed E-state index contributed by atoms with van der Waals surface area (Å²) in [6, 6.07) is 0. The van der Waals surface area contributed by atoms with E-state index in [0.717, 1.165) is 64.0 Å². The van der Waals surface area contributed by atoms with Crippen molar-refractivity contribution in [2.45, 2.75) is 106 Å². The van der Waals surface area contributed by atoms with E-state index in [9.17, 15) is 8.42 Å². The molecule has 0 aromatic heterocycles. The van der Waals surface area contributed by atoms with Gasteiger partial charge < -0.3 is 0 Å². The average Bonchev–Trinajstić information content (AvgIpc) is 2.67. The molecule has 0 aromatic carbocycles. The third-order valence-electron chi connectivity index (χ3n) is 5.32. The van der Waals surface area contributed by atoms with E-state index in [1.54, 1.807) is 0 Å². The molecular formula is C28H48O3S. The minimum Gasteiger partial charge on any atom is -0.270 e. The third-order valence-corrected chi connectivity index (χ3v) is 5.91. The SMILES string of the molecule is CC(C)=CCCC(C)=CCCC(C)=CCCC=C(C)CCC=C(C)CCCOS(C)(=O)=O. The Bertz CT molecular complexity index is 773. The van der Waals surface area contributed by atoms with Crippen LogP contribution in [0.5, 0.6) is 0 Å². The molecule has 0 unspecified atom stereocenters. The van der Waals surface area contributed by atoms with Crippen molar-refractivity contribution in [3.05, 3.63) is 58.2 Å². The Labute approximate surface area is 199 Å². The molecule has 0 aliphatic rings. The summed E-state index contributed by atoms with van der Waals surface area (Å²) >= 11 is 0. The number of allylic oxidation sites excluding steroid dienone is 10. The summed E-state index contributed by atoms with van der Waals surface area (Å²) < 4.78 is 26.6. The fourth-order valence-corrected chi connectivity index (χ4v) is 3.73. The van der Waals surface area contributed by atoms with Crippen molar-refractivity contribution in [3.8, 4) is 0 Å². The summed E-state index contributed by atoms with van der Waals surface area (Å²) in [7, 11) is -3.32. The van der Waals surface area contributed by atoms with Crippen LogP contribution in [-0.2, 0) is 14.3 Å². The molecule has 0 aliphatic carbocycles. The zero-order valence-electron chi connectivity index (χ0n) is 21.8. The minimum absolute atomic E-state index is 0.266. The van der Waals surface area contributed by atoms with Gasteiger partial charge in [0.2, 0.25) is 0 Å². The summed E-state index contributed by atoms with van der Waals surface area (Å²) in [5, 5.41) is 0. The molecule has 0 rings (SSSR count). The van der Waals surface area contributed by atoms with E-state index in [1.165, 1.54) is 34.3 Å². The first-order valence-corrected chi connectivity index (χ1v) is 13.9. The molecule has 4 heteroatoms. The highest BCUT2D eigenvalue weighted by atomic mass is 32.2. The second-order valence-corrected chi connectivity index (χ2v) is 11.0. The van der Waals surface area contributed by atoms with Crippen molar-refractivity contribution in [3.63, 3.8) is 0 Å². The second-order valence-electron chi connectivity index (χ2n) is 9.31. The molecule has 3 nitrogen and oxygen atoms in total. The second kappa shape index (κ2) is 18.1. The summed E-state index contributed by atoms with van der Waals surface area (Å²) in [6.45, 7) is 13.4. The van der Waals surface area contributed by atoms with E-state index in [1.807, 2.05) is 0 Å². The predicted molar refractivity (Wildman–Crippen MR) is 141 cm³/mol. The van der Waals surface area contributed by atoms with Crippen LogP contribution < -0.4 is 0 Å². The van der Waals surface area contributed by atoms with Crippen LogP contribution in [0.3, 0.4) is 0 Å². The van der Waals surface area contributed by atoms with Crippen LogP contribution in [0.4, 0.5) is 0 Å². The highest BCUT2D eigenvalue weighted by Gasteiger charge is 2.00. The topological polar surface area (TPSA) is 43.4 Å². The van der Waals surface area contributed by atoms with Crippen LogP contribution in [0.15, 0.2) is 58.2 Å². The molecule has 0 amide bonds. The maximum Gasteiger partial charge on any atom is 0.264 e. The lowest BCUT2D eigenvalue weighted by molar-refractivity contribution is 0.315. The summed E-state index contributed by atoms with van der Waals surface area (Å²) in [6.07, 6.45) is 23.4. The molecule has 0 aromatic rings. The molecule has 0 spiro atoms. The van der Waals surface area contributed by atoms with Gasteiger partial charge in [-0.2, -0.15) is 8.42 Å². The first kappa shape index (κ1) is 30.6. The third kappa shape index (κ3) is 21.8. The van der Waals surface area contributed by atoms with Gasteiger partial charge in [0.1, 0.15) is 0 Å². The molecule has 32 heavy (non-hydrogen) atoms. The van der Waals surface area contributed by atoms with Gasteiger partial charge in [-0.1, -0.05) is 58.2 Å². The zero-order chi connectivity index (χ0) is 24.4. The maximum absolute atomic E-state index is 10.9. The summed E-state index contributed by atoms with van der Waals surface area (Å²) in [5.74, 6) is 0. The monoisotopic (exact) mass is 464 g/mol. The smallest absolute Gasteiger partial charge is 0.264 e. The van der Waals surface area contributed by atoms with Gasteiger partial charge in [0, 0.05) is 0 Å². The Kier molecular flexibility index (Phi) is 17.3. The molecule has 0 radical (unpaired) electrons. The zero-order valence-corrected chi connectivity index (χ0v) is 22.6. The van der Waals surface area contributed by atoms with Crippen LogP contribution in [-0.4, -0.2) is 21.3 Å². The van der Waals surface area contributed by atoms with E-state index >= 15 is 0 Å². The van der Waals surface area contributed by atoms with Gasteiger partial charge in [-0.3, -0.25) is 4.18 Å². The van der Waals surface area contributed by atoms with Crippen molar-refractivity contribution >= 4 is 10.1 Å². The molecule has 0 saturated carbocycles.